The molecule has 0 aliphatic carbocycles. The molecule has 0 saturated carbocycles. The second-order valence-electron chi connectivity index (χ2n) is 5.90. The lowest BCUT2D eigenvalue weighted by Gasteiger charge is -2.28. The highest BCUT2D eigenvalue weighted by atomic mass is 19.1. The first-order valence-corrected chi connectivity index (χ1v) is 8.51. The Morgan fingerprint density at radius 1 is 1.42 bits per heavy atom. The maximum absolute atomic E-state index is 14.1. The zero-order valence-corrected chi connectivity index (χ0v) is 15.2. The van der Waals surface area contributed by atoms with Gasteiger partial charge in [-0.25, -0.2) is 9.38 Å². The molecule has 6 nitrogen and oxygen atoms in total. The van der Waals surface area contributed by atoms with Crippen LogP contribution in [0.5, 0.6) is 0 Å². The second kappa shape index (κ2) is 9.15. The Bertz CT molecular complexity index is 724. The molecule has 1 aromatic rings. The van der Waals surface area contributed by atoms with Crippen molar-refractivity contribution in [3.63, 3.8) is 0 Å². The van der Waals surface area contributed by atoms with Gasteiger partial charge in [0.1, 0.15) is 11.6 Å². The SMILES string of the molecule is C=C(/N=C\C(C(=O)N(C)CC)=C(/N)c1ccccc1F)N1CCOCC1. The van der Waals surface area contributed by atoms with Crippen LogP contribution in [-0.2, 0) is 9.53 Å². The van der Waals surface area contributed by atoms with E-state index in [0.717, 1.165) is 0 Å². The van der Waals surface area contributed by atoms with Crippen LogP contribution in [-0.4, -0.2) is 61.8 Å². The maximum Gasteiger partial charge on any atom is 0.257 e. The van der Waals surface area contributed by atoms with Gasteiger partial charge in [0.05, 0.1) is 24.5 Å². The average Bonchev–Trinajstić information content (AvgIpc) is 2.67. The van der Waals surface area contributed by atoms with Crippen LogP contribution in [0.2, 0.25) is 0 Å². The van der Waals surface area contributed by atoms with Crippen molar-refractivity contribution >= 4 is 17.8 Å². The molecule has 1 aromatic carbocycles. The van der Waals surface area contributed by atoms with Gasteiger partial charge in [0.25, 0.3) is 5.91 Å². The molecule has 140 valence electrons. The van der Waals surface area contributed by atoms with Gasteiger partial charge >= 0.3 is 0 Å². The number of hydrogen-bond acceptors (Lipinski definition) is 5. The Kier molecular flexibility index (Phi) is 6.91. The fraction of sp³-hybridized carbons (Fsp3) is 0.368. The lowest BCUT2D eigenvalue weighted by atomic mass is 10.1. The van der Waals surface area contributed by atoms with Crippen molar-refractivity contribution in [1.29, 1.82) is 0 Å². The van der Waals surface area contributed by atoms with E-state index < -0.39 is 5.82 Å². The molecule has 0 aromatic heterocycles. The molecule has 0 atom stereocenters. The Morgan fingerprint density at radius 2 is 2.08 bits per heavy atom. The van der Waals surface area contributed by atoms with Crippen LogP contribution in [0.4, 0.5) is 4.39 Å². The third-order valence-corrected chi connectivity index (χ3v) is 4.22. The Hall–Kier alpha value is -2.67. The number of nitrogens with two attached hydrogens (primary N) is 1. The van der Waals surface area contributed by atoms with Crippen molar-refractivity contribution in [2.45, 2.75) is 6.92 Å². The quantitative estimate of drug-likeness (QED) is 0.621. The number of amides is 1. The zero-order valence-electron chi connectivity index (χ0n) is 15.2. The molecule has 0 unspecified atom stereocenters. The highest BCUT2D eigenvalue weighted by Gasteiger charge is 2.19. The summed E-state index contributed by atoms with van der Waals surface area (Å²) in [5, 5.41) is 0. The van der Waals surface area contributed by atoms with Gasteiger partial charge in [-0.2, -0.15) is 0 Å². The first-order valence-electron chi connectivity index (χ1n) is 8.51. The van der Waals surface area contributed by atoms with E-state index in [-0.39, 0.29) is 22.7 Å². The summed E-state index contributed by atoms with van der Waals surface area (Å²) in [6, 6.07) is 6.08. The van der Waals surface area contributed by atoms with Crippen molar-refractivity contribution in [3.05, 3.63) is 53.6 Å². The van der Waals surface area contributed by atoms with Crippen molar-refractivity contribution in [2.24, 2.45) is 10.7 Å². The Morgan fingerprint density at radius 3 is 2.69 bits per heavy atom. The minimum absolute atomic E-state index is 0.0481. The van der Waals surface area contributed by atoms with E-state index >= 15 is 0 Å². The topological polar surface area (TPSA) is 71.2 Å². The summed E-state index contributed by atoms with van der Waals surface area (Å²) in [6.45, 7) is 8.84. The van der Waals surface area contributed by atoms with Crippen LogP contribution in [0.15, 0.2) is 47.2 Å². The van der Waals surface area contributed by atoms with Gasteiger partial charge in [0.2, 0.25) is 0 Å². The number of carbonyl (C=O) groups excluding carboxylic acids is 1. The maximum atomic E-state index is 14.1. The highest BCUT2D eigenvalue weighted by molar-refractivity contribution is 6.18. The van der Waals surface area contributed by atoms with E-state index in [9.17, 15) is 9.18 Å². The van der Waals surface area contributed by atoms with Crippen molar-refractivity contribution in [1.82, 2.24) is 9.80 Å². The number of hydrogen-bond donors (Lipinski definition) is 1. The van der Waals surface area contributed by atoms with Crippen molar-refractivity contribution in [2.75, 3.05) is 39.9 Å². The second-order valence-corrected chi connectivity index (χ2v) is 5.90. The summed E-state index contributed by atoms with van der Waals surface area (Å²) >= 11 is 0. The molecule has 1 aliphatic rings. The van der Waals surface area contributed by atoms with Crippen LogP contribution < -0.4 is 5.73 Å². The van der Waals surface area contributed by atoms with E-state index in [0.29, 0.717) is 38.7 Å². The fourth-order valence-corrected chi connectivity index (χ4v) is 2.46. The molecule has 26 heavy (non-hydrogen) atoms. The summed E-state index contributed by atoms with van der Waals surface area (Å²) < 4.78 is 19.4. The molecule has 1 fully saturated rings. The van der Waals surface area contributed by atoms with Crippen LogP contribution in [0.1, 0.15) is 12.5 Å². The lowest BCUT2D eigenvalue weighted by molar-refractivity contribution is -0.125. The normalized spacial score (nSPS) is 15.7. The minimum Gasteiger partial charge on any atom is -0.397 e. The van der Waals surface area contributed by atoms with Crippen LogP contribution in [0.3, 0.4) is 0 Å². The molecule has 0 bridgehead atoms. The average molecular weight is 360 g/mol. The molecule has 1 aliphatic heterocycles. The molecule has 0 radical (unpaired) electrons. The zero-order chi connectivity index (χ0) is 19.1. The summed E-state index contributed by atoms with van der Waals surface area (Å²) in [7, 11) is 1.65. The Balaban J connectivity index is 2.36. The van der Waals surface area contributed by atoms with E-state index in [1.54, 1.807) is 19.2 Å². The lowest BCUT2D eigenvalue weighted by Crippen LogP contribution is -2.35. The molecule has 2 N–H and O–H groups in total. The monoisotopic (exact) mass is 360 g/mol. The third-order valence-electron chi connectivity index (χ3n) is 4.22. The molecular formula is C19H25FN4O2. The Labute approximate surface area is 153 Å². The van der Waals surface area contributed by atoms with Gasteiger partial charge in [-0.1, -0.05) is 18.7 Å². The predicted octanol–water partition coefficient (Wildman–Crippen LogP) is 1.85. The molecule has 7 heteroatoms. The van der Waals surface area contributed by atoms with Crippen LogP contribution in [0, 0.1) is 5.82 Å². The van der Waals surface area contributed by atoms with E-state index in [1.165, 1.54) is 23.2 Å². The largest absolute Gasteiger partial charge is 0.397 e. The predicted molar refractivity (Wildman–Crippen MR) is 101 cm³/mol. The molecule has 0 spiro atoms. The summed E-state index contributed by atoms with van der Waals surface area (Å²) in [5.74, 6) is -0.305. The van der Waals surface area contributed by atoms with E-state index in [1.807, 2.05) is 11.8 Å². The van der Waals surface area contributed by atoms with Gasteiger partial charge in [-0.05, 0) is 19.1 Å². The number of benzene rings is 1. The first kappa shape index (κ1) is 19.7. The van der Waals surface area contributed by atoms with Crippen LogP contribution in [0.25, 0.3) is 5.70 Å². The number of carbonyl (C=O) groups is 1. The van der Waals surface area contributed by atoms with Gasteiger partial charge in [0, 0.05) is 38.5 Å². The summed E-state index contributed by atoms with van der Waals surface area (Å²) in [4.78, 5) is 20.5. The minimum atomic E-state index is -0.491. The van der Waals surface area contributed by atoms with Gasteiger partial charge in [-0.15, -0.1) is 0 Å². The number of aliphatic imine (C=N–C) groups is 1. The van der Waals surface area contributed by atoms with Crippen molar-refractivity contribution < 1.29 is 13.9 Å². The number of morpholine rings is 1. The number of nitrogens with zero attached hydrogens (tertiary/aromatic N) is 3. The molecular weight excluding hydrogens is 335 g/mol. The first-order chi connectivity index (χ1) is 12.5. The standard InChI is InChI=1S/C19H25FN4O2/c1-4-23(3)19(25)16(18(21)15-7-5-6-8-17(15)20)13-22-14(2)24-9-11-26-12-10-24/h5-8,13H,2,4,9-12,21H2,1,3H3/b18-16+,22-13-. The van der Waals surface area contributed by atoms with Crippen LogP contribution >= 0.6 is 0 Å². The molecule has 1 heterocycles. The third kappa shape index (κ3) is 4.70. The smallest absolute Gasteiger partial charge is 0.257 e. The number of likely N-dealkylation sites (N-methyl/N-ethyl adjacent to an activating group) is 1. The van der Waals surface area contributed by atoms with Gasteiger partial charge < -0.3 is 20.3 Å². The summed E-state index contributed by atoms with van der Waals surface area (Å²) in [5.41, 5.74) is 6.49. The number of rotatable bonds is 6. The van der Waals surface area contributed by atoms with Gasteiger partial charge in [-0.3, -0.25) is 4.79 Å². The van der Waals surface area contributed by atoms with E-state index in [4.69, 9.17) is 10.5 Å². The number of halogens is 1. The van der Waals surface area contributed by atoms with E-state index in [2.05, 4.69) is 11.6 Å². The molecule has 1 amide bonds. The number of ether oxygens (including phenoxy) is 1. The van der Waals surface area contributed by atoms with Gasteiger partial charge in [0.15, 0.2) is 0 Å². The summed E-state index contributed by atoms with van der Waals surface area (Å²) in [6.07, 6.45) is 1.37. The van der Waals surface area contributed by atoms with Crippen molar-refractivity contribution in [3.8, 4) is 0 Å². The highest BCUT2D eigenvalue weighted by Crippen LogP contribution is 2.18. The fourth-order valence-electron chi connectivity index (χ4n) is 2.46. The molecule has 1 saturated heterocycles. The molecule has 2 rings (SSSR count).